The molecule has 92 valence electrons. The average Bonchev–Trinajstić information content (AvgIpc) is 2.32. The molecule has 2 rings (SSSR count). The zero-order chi connectivity index (χ0) is 13.1. The number of aryl methyl sites for hydroxylation is 1. The van der Waals surface area contributed by atoms with Gasteiger partial charge in [0.2, 0.25) is 0 Å². The summed E-state index contributed by atoms with van der Waals surface area (Å²) in [5.41, 5.74) is 0.649. The first kappa shape index (κ1) is 12.2. The van der Waals surface area contributed by atoms with E-state index in [2.05, 4.69) is 10.3 Å². The Morgan fingerprint density at radius 1 is 1.22 bits per heavy atom. The number of nitrogens with zero attached hydrogens (tertiary/aromatic N) is 1. The molecule has 2 aromatic rings. The van der Waals surface area contributed by atoms with Crippen LogP contribution < -0.4 is 5.32 Å². The number of pyridine rings is 1. The number of anilines is 1. The third-order valence-corrected chi connectivity index (χ3v) is 2.34. The summed E-state index contributed by atoms with van der Waals surface area (Å²) in [4.78, 5) is 15.4. The fourth-order valence-corrected chi connectivity index (χ4v) is 1.44. The van der Waals surface area contributed by atoms with Crippen LogP contribution >= 0.6 is 0 Å². The van der Waals surface area contributed by atoms with Crippen molar-refractivity contribution in [1.29, 1.82) is 0 Å². The van der Waals surface area contributed by atoms with E-state index in [9.17, 15) is 13.6 Å². The first-order valence-electron chi connectivity index (χ1n) is 5.25. The van der Waals surface area contributed by atoms with Crippen LogP contribution in [0.2, 0.25) is 0 Å². The van der Waals surface area contributed by atoms with Gasteiger partial charge in [-0.25, -0.2) is 13.8 Å². The number of benzene rings is 1. The van der Waals surface area contributed by atoms with Crippen LogP contribution in [-0.2, 0) is 0 Å². The van der Waals surface area contributed by atoms with Gasteiger partial charge >= 0.3 is 0 Å². The number of hydrogen-bond acceptors (Lipinski definition) is 2. The van der Waals surface area contributed by atoms with Crippen LogP contribution in [0.25, 0.3) is 0 Å². The van der Waals surface area contributed by atoms with Crippen molar-refractivity contribution in [2.75, 3.05) is 5.32 Å². The molecule has 18 heavy (non-hydrogen) atoms. The Bertz CT molecular complexity index is 582. The predicted molar refractivity (Wildman–Crippen MR) is 63.3 cm³/mol. The summed E-state index contributed by atoms with van der Waals surface area (Å²) in [5, 5.41) is 2.39. The highest BCUT2D eigenvalue weighted by Gasteiger charge is 2.12. The summed E-state index contributed by atoms with van der Waals surface area (Å²) in [5.74, 6) is -1.56. The Kier molecular flexibility index (Phi) is 3.32. The number of halogens is 2. The second kappa shape index (κ2) is 4.91. The first-order chi connectivity index (χ1) is 8.56. The maximum Gasteiger partial charge on any atom is 0.259 e. The van der Waals surface area contributed by atoms with Crippen LogP contribution in [0.3, 0.4) is 0 Å². The molecule has 0 saturated carbocycles. The molecule has 0 fully saturated rings. The molecule has 1 aromatic carbocycles. The molecule has 1 N–H and O–H groups in total. The maximum atomic E-state index is 13.5. The lowest BCUT2D eigenvalue weighted by atomic mass is 10.1. The van der Waals surface area contributed by atoms with Crippen molar-refractivity contribution in [3.05, 3.63) is 59.3 Å². The van der Waals surface area contributed by atoms with E-state index in [4.69, 9.17) is 0 Å². The molecule has 1 heterocycles. The summed E-state index contributed by atoms with van der Waals surface area (Å²) in [6, 6.07) is 6.76. The SMILES string of the molecule is Cc1ccc(C(=O)Nc2ccc(F)cn2)c(F)c1. The van der Waals surface area contributed by atoms with Crippen LogP contribution in [0.15, 0.2) is 36.5 Å². The number of hydrogen-bond donors (Lipinski definition) is 1. The van der Waals surface area contributed by atoms with Gasteiger partial charge in [-0.15, -0.1) is 0 Å². The summed E-state index contributed by atoms with van der Waals surface area (Å²) >= 11 is 0. The van der Waals surface area contributed by atoms with E-state index < -0.39 is 17.5 Å². The van der Waals surface area contributed by atoms with Crippen molar-refractivity contribution >= 4 is 11.7 Å². The predicted octanol–water partition coefficient (Wildman–Crippen LogP) is 2.92. The molecule has 0 atom stereocenters. The van der Waals surface area contributed by atoms with Gasteiger partial charge in [0.15, 0.2) is 0 Å². The van der Waals surface area contributed by atoms with Gasteiger partial charge in [-0.2, -0.15) is 0 Å². The molecule has 0 unspecified atom stereocenters. The van der Waals surface area contributed by atoms with E-state index in [1.54, 1.807) is 13.0 Å². The molecule has 1 aromatic heterocycles. The summed E-state index contributed by atoms with van der Waals surface area (Å²) in [6.45, 7) is 1.73. The van der Waals surface area contributed by atoms with Gasteiger partial charge in [-0.1, -0.05) is 6.07 Å². The smallest absolute Gasteiger partial charge is 0.259 e. The highest BCUT2D eigenvalue weighted by atomic mass is 19.1. The molecule has 5 heteroatoms. The molecule has 0 radical (unpaired) electrons. The van der Waals surface area contributed by atoms with Crippen LogP contribution in [0.5, 0.6) is 0 Å². The van der Waals surface area contributed by atoms with Crippen molar-refractivity contribution in [2.24, 2.45) is 0 Å². The second-order valence-corrected chi connectivity index (χ2v) is 3.80. The topological polar surface area (TPSA) is 42.0 Å². The fraction of sp³-hybridized carbons (Fsp3) is 0.0769. The molecule has 0 bridgehead atoms. The summed E-state index contributed by atoms with van der Waals surface area (Å²) in [6.07, 6.45) is 0.973. The summed E-state index contributed by atoms with van der Waals surface area (Å²) < 4.78 is 26.1. The molecule has 0 aliphatic heterocycles. The Balaban J connectivity index is 2.19. The number of rotatable bonds is 2. The van der Waals surface area contributed by atoms with Crippen LogP contribution in [0.4, 0.5) is 14.6 Å². The lowest BCUT2D eigenvalue weighted by Crippen LogP contribution is -2.14. The fourth-order valence-electron chi connectivity index (χ4n) is 1.44. The van der Waals surface area contributed by atoms with E-state index in [1.165, 1.54) is 18.2 Å². The van der Waals surface area contributed by atoms with Crippen molar-refractivity contribution in [3.8, 4) is 0 Å². The van der Waals surface area contributed by atoms with Crippen molar-refractivity contribution < 1.29 is 13.6 Å². The Labute approximate surface area is 102 Å². The lowest BCUT2D eigenvalue weighted by molar-refractivity contribution is 0.102. The van der Waals surface area contributed by atoms with E-state index in [0.29, 0.717) is 0 Å². The van der Waals surface area contributed by atoms with Gasteiger partial charge < -0.3 is 5.32 Å². The molecule has 0 spiro atoms. The number of nitrogens with one attached hydrogen (secondary N) is 1. The summed E-state index contributed by atoms with van der Waals surface area (Å²) in [7, 11) is 0. The Morgan fingerprint density at radius 2 is 2.00 bits per heavy atom. The normalized spacial score (nSPS) is 10.2. The Hall–Kier alpha value is -2.30. The second-order valence-electron chi connectivity index (χ2n) is 3.80. The van der Waals surface area contributed by atoms with Gasteiger partial charge in [0.1, 0.15) is 17.5 Å². The van der Waals surface area contributed by atoms with Gasteiger partial charge in [0, 0.05) is 0 Å². The highest BCUT2D eigenvalue weighted by Crippen LogP contribution is 2.12. The van der Waals surface area contributed by atoms with Gasteiger partial charge in [0.05, 0.1) is 11.8 Å². The first-order valence-corrected chi connectivity index (χ1v) is 5.25. The molecule has 0 aliphatic rings. The molecular formula is C13H10F2N2O. The van der Waals surface area contributed by atoms with Crippen LogP contribution in [0.1, 0.15) is 15.9 Å². The highest BCUT2D eigenvalue weighted by molar-refractivity contribution is 6.03. The zero-order valence-corrected chi connectivity index (χ0v) is 9.58. The quantitative estimate of drug-likeness (QED) is 0.887. The van der Waals surface area contributed by atoms with E-state index in [1.807, 2.05) is 0 Å². The monoisotopic (exact) mass is 248 g/mol. The molecule has 3 nitrogen and oxygen atoms in total. The Morgan fingerprint density at radius 3 is 2.61 bits per heavy atom. The van der Waals surface area contributed by atoms with Crippen LogP contribution in [0, 0.1) is 18.6 Å². The third-order valence-electron chi connectivity index (χ3n) is 2.34. The van der Waals surface area contributed by atoms with E-state index in [-0.39, 0.29) is 11.4 Å². The third kappa shape index (κ3) is 2.68. The average molecular weight is 248 g/mol. The number of carbonyl (C=O) groups is 1. The van der Waals surface area contributed by atoms with Gasteiger partial charge in [0.25, 0.3) is 5.91 Å². The standard InChI is InChI=1S/C13H10F2N2O/c1-8-2-4-10(11(15)6-8)13(18)17-12-5-3-9(14)7-16-12/h2-7H,1H3,(H,16,17,18). The minimum atomic E-state index is -0.619. The molecule has 1 amide bonds. The minimum absolute atomic E-state index is 0.0771. The number of aromatic nitrogens is 1. The lowest BCUT2D eigenvalue weighted by Gasteiger charge is -2.05. The van der Waals surface area contributed by atoms with Gasteiger partial charge in [-0.3, -0.25) is 4.79 Å². The largest absolute Gasteiger partial charge is 0.306 e. The van der Waals surface area contributed by atoms with Crippen molar-refractivity contribution in [2.45, 2.75) is 6.92 Å². The van der Waals surface area contributed by atoms with Crippen molar-refractivity contribution in [1.82, 2.24) is 4.98 Å². The maximum absolute atomic E-state index is 13.5. The number of amides is 1. The van der Waals surface area contributed by atoms with E-state index >= 15 is 0 Å². The minimum Gasteiger partial charge on any atom is -0.306 e. The van der Waals surface area contributed by atoms with Crippen molar-refractivity contribution in [3.63, 3.8) is 0 Å². The van der Waals surface area contributed by atoms with E-state index in [0.717, 1.165) is 17.8 Å². The van der Waals surface area contributed by atoms with Gasteiger partial charge in [-0.05, 0) is 36.8 Å². The molecule has 0 aliphatic carbocycles. The van der Waals surface area contributed by atoms with Crippen LogP contribution in [-0.4, -0.2) is 10.9 Å². The number of carbonyl (C=O) groups excluding carboxylic acids is 1. The molecular weight excluding hydrogens is 238 g/mol. The molecule has 0 saturated heterocycles. The zero-order valence-electron chi connectivity index (χ0n) is 9.58.